The minimum absolute atomic E-state index is 0.198. The third-order valence-electron chi connectivity index (χ3n) is 4.20. The predicted molar refractivity (Wildman–Crippen MR) is 91.2 cm³/mol. The molecule has 3 rings (SSSR count). The van der Waals surface area contributed by atoms with Gasteiger partial charge < -0.3 is 10.1 Å². The molecule has 0 spiro atoms. The molecular formula is C18H18N2O2S. The average Bonchev–Trinajstić information content (AvgIpc) is 2.90. The van der Waals surface area contributed by atoms with Crippen LogP contribution >= 0.6 is 11.3 Å². The first-order chi connectivity index (χ1) is 11.1. The summed E-state index contributed by atoms with van der Waals surface area (Å²) in [6.45, 7) is 2.23. The first kappa shape index (κ1) is 15.6. The highest BCUT2D eigenvalue weighted by molar-refractivity contribution is 7.16. The number of amides is 1. The molecule has 0 bridgehead atoms. The zero-order valence-electron chi connectivity index (χ0n) is 13.2. The lowest BCUT2D eigenvalue weighted by molar-refractivity contribution is 0.102. The number of benzene rings is 1. The Kier molecular flexibility index (Phi) is 4.35. The number of ether oxygens (including phenoxy) is 1. The molecule has 1 heterocycles. The number of carbonyl (C=O) groups excluding carboxylic acids is 1. The molecule has 0 saturated heterocycles. The first-order valence-electron chi connectivity index (χ1n) is 7.62. The lowest BCUT2D eigenvalue weighted by Crippen LogP contribution is -2.12. The molecule has 1 aromatic carbocycles. The average molecular weight is 326 g/mol. The molecular weight excluding hydrogens is 308 g/mol. The Morgan fingerprint density at radius 2 is 2.13 bits per heavy atom. The number of anilines is 1. The minimum Gasteiger partial charge on any atom is -0.497 e. The van der Waals surface area contributed by atoms with Gasteiger partial charge in [-0.05, 0) is 55.0 Å². The van der Waals surface area contributed by atoms with Gasteiger partial charge in [0.15, 0.2) is 0 Å². The Balaban J connectivity index is 1.85. The number of fused-ring (bicyclic) bond motifs is 1. The van der Waals surface area contributed by atoms with E-state index in [1.807, 2.05) is 0 Å². The maximum absolute atomic E-state index is 12.4. The zero-order valence-corrected chi connectivity index (χ0v) is 14.0. The van der Waals surface area contributed by atoms with E-state index in [1.165, 1.54) is 4.88 Å². The van der Waals surface area contributed by atoms with Gasteiger partial charge >= 0.3 is 0 Å². The molecule has 0 saturated carbocycles. The van der Waals surface area contributed by atoms with Crippen molar-refractivity contribution in [3.8, 4) is 11.8 Å². The van der Waals surface area contributed by atoms with E-state index in [-0.39, 0.29) is 5.91 Å². The summed E-state index contributed by atoms with van der Waals surface area (Å²) in [5.41, 5.74) is 2.31. The number of rotatable bonds is 3. The molecule has 0 fully saturated rings. The van der Waals surface area contributed by atoms with Crippen molar-refractivity contribution >= 4 is 22.2 Å². The van der Waals surface area contributed by atoms with Gasteiger partial charge in [0.25, 0.3) is 5.91 Å². The molecule has 1 amide bonds. The van der Waals surface area contributed by atoms with Crippen LogP contribution in [0.3, 0.4) is 0 Å². The molecule has 5 heteroatoms. The lowest BCUT2D eigenvalue weighted by atomic mass is 9.88. The van der Waals surface area contributed by atoms with Crippen molar-refractivity contribution in [2.24, 2.45) is 5.92 Å². The quantitative estimate of drug-likeness (QED) is 0.927. The Labute approximate surface area is 139 Å². The van der Waals surface area contributed by atoms with Gasteiger partial charge in [0.1, 0.15) is 16.8 Å². The largest absolute Gasteiger partial charge is 0.497 e. The van der Waals surface area contributed by atoms with Gasteiger partial charge in [-0.3, -0.25) is 4.79 Å². The van der Waals surface area contributed by atoms with Crippen LogP contribution in [0.15, 0.2) is 24.3 Å². The number of nitrogens with zero attached hydrogens (tertiary/aromatic N) is 1. The van der Waals surface area contributed by atoms with Crippen molar-refractivity contribution in [1.29, 1.82) is 5.26 Å². The van der Waals surface area contributed by atoms with Gasteiger partial charge in [-0.25, -0.2) is 0 Å². The van der Waals surface area contributed by atoms with E-state index in [9.17, 15) is 10.1 Å². The predicted octanol–water partition coefficient (Wildman–Crippen LogP) is 4.01. The van der Waals surface area contributed by atoms with Crippen LogP contribution < -0.4 is 10.1 Å². The van der Waals surface area contributed by atoms with E-state index in [0.717, 1.165) is 24.8 Å². The van der Waals surface area contributed by atoms with E-state index in [1.54, 1.807) is 42.7 Å². The van der Waals surface area contributed by atoms with Gasteiger partial charge in [0.05, 0.1) is 12.7 Å². The number of nitrogens with one attached hydrogen (secondary N) is 1. The fourth-order valence-electron chi connectivity index (χ4n) is 2.87. The Bertz CT molecular complexity index is 772. The van der Waals surface area contributed by atoms with Crippen LogP contribution in [0.25, 0.3) is 0 Å². The molecule has 1 aromatic heterocycles. The smallest absolute Gasteiger partial charge is 0.256 e. The molecule has 4 nitrogen and oxygen atoms in total. The highest BCUT2D eigenvalue weighted by Gasteiger charge is 2.24. The number of hydrogen-bond acceptors (Lipinski definition) is 4. The molecule has 2 aromatic rings. The molecule has 0 aliphatic heterocycles. The van der Waals surface area contributed by atoms with Crippen molar-refractivity contribution in [2.45, 2.75) is 26.2 Å². The summed E-state index contributed by atoms with van der Waals surface area (Å²) in [4.78, 5) is 13.6. The molecule has 1 N–H and O–H groups in total. The van der Waals surface area contributed by atoms with Crippen LogP contribution in [0.5, 0.6) is 5.75 Å². The maximum Gasteiger partial charge on any atom is 0.256 e. The highest BCUT2D eigenvalue weighted by atomic mass is 32.1. The van der Waals surface area contributed by atoms with Crippen LogP contribution in [0.2, 0.25) is 0 Å². The number of nitriles is 1. The Hall–Kier alpha value is -2.32. The molecule has 1 atom stereocenters. The highest BCUT2D eigenvalue weighted by Crippen LogP contribution is 2.39. The summed E-state index contributed by atoms with van der Waals surface area (Å²) in [7, 11) is 1.59. The van der Waals surface area contributed by atoms with Gasteiger partial charge in [0.2, 0.25) is 0 Å². The summed E-state index contributed by atoms with van der Waals surface area (Å²) in [5.74, 6) is 1.15. The van der Waals surface area contributed by atoms with Crippen LogP contribution in [0.4, 0.5) is 5.00 Å². The van der Waals surface area contributed by atoms with Crippen molar-refractivity contribution in [1.82, 2.24) is 0 Å². The molecule has 23 heavy (non-hydrogen) atoms. The molecule has 0 unspecified atom stereocenters. The monoisotopic (exact) mass is 326 g/mol. The first-order valence-corrected chi connectivity index (χ1v) is 8.44. The van der Waals surface area contributed by atoms with E-state index >= 15 is 0 Å². The molecule has 1 aliphatic carbocycles. The van der Waals surface area contributed by atoms with E-state index in [4.69, 9.17) is 4.74 Å². The van der Waals surface area contributed by atoms with Gasteiger partial charge in [-0.15, -0.1) is 11.3 Å². The fraction of sp³-hybridized carbons (Fsp3) is 0.333. The third kappa shape index (κ3) is 3.08. The van der Waals surface area contributed by atoms with Crippen molar-refractivity contribution in [2.75, 3.05) is 12.4 Å². The van der Waals surface area contributed by atoms with E-state index in [2.05, 4.69) is 18.3 Å². The second-order valence-corrected chi connectivity index (χ2v) is 6.96. The van der Waals surface area contributed by atoms with Gasteiger partial charge in [-0.1, -0.05) is 6.92 Å². The number of thiophene rings is 1. The SMILES string of the molecule is COc1ccc(C(=O)Nc2sc3c(c2C#N)CC[C@@H](C)C3)cc1. The molecule has 1 aliphatic rings. The third-order valence-corrected chi connectivity index (χ3v) is 5.37. The van der Waals surface area contributed by atoms with E-state index < -0.39 is 0 Å². The maximum atomic E-state index is 12.4. The Morgan fingerprint density at radius 1 is 1.39 bits per heavy atom. The van der Waals surface area contributed by atoms with Gasteiger partial charge in [-0.2, -0.15) is 5.26 Å². The van der Waals surface area contributed by atoms with Crippen LogP contribution in [0.1, 0.15) is 39.7 Å². The number of methoxy groups -OCH3 is 1. The number of carbonyl (C=O) groups is 1. The van der Waals surface area contributed by atoms with Crippen molar-refractivity contribution in [3.05, 3.63) is 45.8 Å². The van der Waals surface area contributed by atoms with Crippen LogP contribution in [0, 0.1) is 17.2 Å². The molecule has 118 valence electrons. The summed E-state index contributed by atoms with van der Waals surface area (Å²) in [5, 5.41) is 13.0. The van der Waals surface area contributed by atoms with Crippen molar-refractivity contribution < 1.29 is 9.53 Å². The van der Waals surface area contributed by atoms with Crippen LogP contribution in [-0.2, 0) is 12.8 Å². The molecule has 0 radical (unpaired) electrons. The summed E-state index contributed by atoms with van der Waals surface area (Å²) in [6, 6.07) is 9.21. The Morgan fingerprint density at radius 3 is 2.78 bits per heavy atom. The number of hydrogen-bond donors (Lipinski definition) is 1. The summed E-state index contributed by atoms with van der Waals surface area (Å²) in [6.07, 6.45) is 3.02. The second-order valence-electron chi connectivity index (χ2n) is 5.85. The summed E-state index contributed by atoms with van der Waals surface area (Å²) < 4.78 is 5.10. The normalized spacial score (nSPS) is 16.3. The lowest BCUT2D eigenvalue weighted by Gasteiger charge is -2.17. The van der Waals surface area contributed by atoms with Crippen LogP contribution in [-0.4, -0.2) is 13.0 Å². The second kappa shape index (κ2) is 6.43. The topological polar surface area (TPSA) is 62.1 Å². The zero-order chi connectivity index (χ0) is 16.4. The van der Waals surface area contributed by atoms with Crippen molar-refractivity contribution in [3.63, 3.8) is 0 Å². The fourth-order valence-corrected chi connectivity index (χ4v) is 4.23. The van der Waals surface area contributed by atoms with Gasteiger partial charge in [0, 0.05) is 10.4 Å². The van der Waals surface area contributed by atoms with E-state index in [0.29, 0.717) is 27.8 Å². The minimum atomic E-state index is -0.198. The summed E-state index contributed by atoms with van der Waals surface area (Å²) >= 11 is 1.54. The standard InChI is InChI=1S/C18H18N2O2S/c1-11-3-8-14-15(10-19)18(23-16(14)9-11)20-17(21)12-4-6-13(22-2)7-5-12/h4-7,11H,3,8-9H2,1-2H3,(H,20,21)/t11-/m1/s1.